The summed E-state index contributed by atoms with van der Waals surface area (Å²) in [6.07, 6.45) is 2.89. The summed E-state index contributed by atoms with van der Waals surface area (Å²) < 4.78 is 34.0. The molecule has 1 heterocycles. The van der Waals surface area contributed by atoms with Crippen molar-refractivity contribution in [3.63, 3.8) is 0 Å². The van der Waals surface area contributed by atoms with Gasteiger partial charge in [-0.15, -0.1) is 11.7 Å². The van der Waals surface area contributed by atoms with E-state index in [4.69, 9.17) is 16.3 Å². The number of halogens is 1. The number of ether oxygens (including phenoxy) is 1. The van der Waals surface area contributed by atoms with Gasteiger partial charge in [0.1, 0.15) is 11.9 Å². The first-order valence-electron chi connectivity index (χ1n) is 10.3. The molecular weight excluding hydrogens is 456 g/mol. The SMILES string of the molecule is C=CC(c1ccc(C)cc1)S(=O)(=O)n1cc(-c2ccc(Cl)cc2)c(OCc2ccccc2)n1. The molecule has 0 fully saturated rings. The molecular formula is C26H23ClN2O3S. The summed E-state index contributed by atoms with van der Waals surface area (Å²) in [5.74, 6) is 0.219. The molecule has 0 aliphatic rings. The van der Waals surface area contributed by atoms with Crippen molar-refractivity contribution in [3.05, 3.63) is 119 Å². The first kappa shape index (κ1) is 22.8. The summed E-state index contributed by atoms with van der Waals surface area (Å²) in [4.78, 5) is 0. The molecule has 0 radical (unpaired) electrons. The second-order valence-corrected chi connectivity index (χ2v) is 9.96. The fourth-order valence-electron chi connectivity index (χ4n) is 3.43. The predicted octanol–water partition coefficient (Wildman–Crippen LogP) is 6.20. The van der Waals surface area contributed by atoms with Crippen molar-refractivity contribution < 1.29 is 13.2 Å². The van der Waals surface area contributed by atoms with Crippen LogP contribution in [0.15, 0.2) is 97.7 Å². The van der Waals surface area contributed by atoms with Crippen LogP contribution in [0.5, 0.6) is 5.88 Å². The Morgan fingerprint density at radius 1 is 1.03 bits per heavy atom. The summed E-state index contributed by atoms with van der Waals surface area (Å²) in [5, 5.41) is 3.95. The maximum Gasteiger partial charge on any atom is 0.264 e. The van der Waals surface area contributed by atoms with Gasteiger partial charge >= 0.3 is 0 Å². The van der Waals surface area contributed by atoms with Crippen LogP contribution in [0.3, 0.4) is 0 Å². The van der Waals surface area contributed by atoms with Gasteiger partial charge in [-0.3, -0.25) is 0 Å². The van der Waals surface area contributed by atoms with E-state index in [0.29, 0.717) is 16.1 Å². The Morgan fingerprint density at radius 3 is 2.33 bits per heavy atom. The molecule has 4 aromatic rings. The van der Waals surface area contributed by atoms with E-state index in [-0.39, 0.29) is 12.5 Å². The zero-order chi connectivity index (χ0) is 23.4. The molecule has 7 heteroatoms. The molecule has 4 rings (SSSR count). The van der Waals surface area contributed by atoms with E-state index < -0.39 is 15.3 Å². The number of aryl methyl sites for hydroxylation is 1. The quantitative estimate of drug-likeness (QED) is 0.283. The highest BCUT2D eigenvalue weighted by atomic mass is 35.5. The lowest BCUT2D eigenvalue weighted by Gasteiger charge is -2.14. The van der Waals surface area contributed by atoms with E-state index >= 15 is 0 Å². The van der Waals surface area contributed by atoms with E-state index in [1.54, 1.807) is 36.4 Å². The van der Waals surface area contributed by atoms with Crippen molar-refractivity contribution in [2.45, 2.75) is 18.8 Å². The summed E-state index contributed by atoms with van der Waals surface area (Å²) >= 11 is 6.04. The van der Waals surface area contributed by atoms with Crippen molar-refractivity contribution in [2.24, 2.45) is 0 Å². The molecule has 0 bridgehead atoms. The standard InChI is InChI=1S/C26H23ClN2O3S/c1-3-25(22-11-9-19(2)10-12-22)33(30,31)29-17-24(21-13-15-23(27)16-14-21)26(28-29)32-18-20-7-5-4-6-8-20/h3-17,25H,1,18H2,2H3. The number of hydrogen-bond donors (Lipinski definition) is 0. The van der Waals surface area contributed by atoms with Crippen LogP contribution in [0.2, 0.25) is 5.02 Å². The Labute approximate surface area is 199 Å². The third kappa shape index (κ3) is 5.02. The number of hydrogen-bond acceptors (Lipinski definition) is 4. The zero-order valence-corrected chi connectivity index (χ0v) is 19.6. The second kappa shape index (κ2) is 9.65. The third-order valence-electron chi connectivity index (χ3n) is 5.23. The van der Waals surface area contributed by atoms with Gasteiger partial charge in [0.15, 0.2) is 0 Å². The topological polar surface area (TPSA) is 61.2 Å². The molecule has 0 N–H and O–H groups in total. The second-order valence-electron chi connectivity index (χ2n) is 7.61. The Balaban J connectivity index is 1.75. The molecule has 33 heavy (non-hydrogen) atoms. The van der Waals surface area contributed by atoms with Gasteiger partial charge < -0.3 is 4.74 Å². The number of aromatic nitrogens is 2. The van der Waals surface area contributed by atoms with Gasteiger partial charge in [-0.1, -0.05) is 90.0 Å². The molecule has 3 aromatic carbocycles. The molecule has 0 saturated heterocycles. The van der Waals surface area contributed by atoms with Crippen LogP contribution in [-0.2, 0) is 16.6 Å². The van der Waals surface area contributed by atoms with Crippen molar-refractivity contribution in [2.75, 3.05) is 0 Å². The Morgan fingerprint density at radius 2 is 1.70 bits per heavy atom. The van der Waals surface area contributed by atoms with E-state index in [9.17, 15) is 8.42 Å². The van der Waals surface area contributed by atoms with Gasteiger partial charge in [0.25, 0.3) is 10.0 Å². The lowest BCUT2D eigenvalue weighted by Crippen LogP contribution is -2.20. The van der Waals surface area contributed by atoms with E-state index in [1.165, 1.54) is 12.3 Å². The Bertz CT molecular complexity index is 1350. The molecule has 1 atom stereocenters. The molecule has 5 nitrogen and oxygen atoms in total. The molecule has 1 unspecified atom stereocenters. The van der Waals surface area contributed by atoms with Crippen LogP contribution in [0.25, 0.3) is 11.1 Å². The highest BCUT2D eigenvalue weighted by Gasteiger charge is 2.29. The van der Waals surface area contributed by atoms with Crippen LogP contribution in [-0.4, -0.2) is 17.6 Å². The number of benzene rings is 3. The average molecular weight is 479 g/mol. The van der Waals surface area contributed by atoms with Crippen LogP contribution in [0.4, 0.5) is 0 Å². The maximum atomic E-state index is 13.5. The fraction of sp³-hybridized carbons (Fsp3) is 0.115. The first-order chi connectivity index (χ1) is 15.9. The molecule has 0 spiro atoms. The molecule has 0 aliphatic heterocycles. The van der Waals surface area contributed by atoms with Crippen molar-refractivity contribution in [3.8, 4) is 17.0 Å². The summed E-state index contributed by atoms with van der Waals surface area (Å²) in [7, 11) is -3.94. The minimum absolute atomic E-state index is 0.219. The van der Waals surface area contributed by atoms with Crippen LogP contribution < -0.4 is 4.74 Å². The van der Waals surface area contributed by atoms with Crippen LogP contribution in [0, 0.1) is 6.92 Å². The largest absolute Gasteiger partial charge is 0.471 e. The maximum absolute atomic E-state index is 13.5. The molecule has 1 aromatic heterocycles. The van der Waals surface area contributed by atoms with Gasteiger partial charge in [-0.2, -0.15) is 4.09 Å². The average Bonchev–Trinajstić information content (AvgIpc) is 3.26. The summed E-state index contributed by atoms with van der Waals surface area (Å²) in [6, 6.07) is 24.0. The highest BCUT2D eigenvalue weighted by molar-refractivity contribution is 7.90. The van der Waals surface area contributed by atoms with Gasteiger partial charge in [-0.05, 0) is 35.7 Å². The molecule has 0 saturated carbocycles. The number of nitrogens with zero attached hydrogens (tertiary/aromatic N) is 2. The van der Waals surface area contributed by atoms with Crippen LogP contribution >= 0.6 is 11.6 Å². The normalized spacial score (nSPS) is 12.3. The predicted molar refractivity (Wildman–Crippen MR) is 132 cm³/mol. The molecule has 0 aliphatic carbocycles. The Kier molecular flexibility index (Phi) is 6.67. The third-order valence-corrected chi connectivity index (χ3v) is 7.30. The Hall–Kier alpha value is -3.35. The van der Waals surface area contributed by atoms with Gasteiger partial charge in [0.05, 0.1) is 11.8 Å². The van der Waals surface area contributed by atoms with Gasteiger partial charge in [0, 0.05) is 5.02 Å². The van der Waals surface area contributed by atoms with Crippen molar-refractivity contribution >= 4 is 21.6 Å². The highest BCUT2D eigenvalue weighted by Crippen LogP contribution is 2.33. The number of rotatable bonds is 8. The smallest absolute Gasteiger partial charge is 0.264 e. The zero-order valence-electron chi connectivity index (χ0n) is 18.1. The lowest BCUT2D eigenvalue weighted by molar-refractivity contribution is 0.293. The lowest BCUT2D eigenvalue weighted by atomic mass is 10.1. The summed E-state index contributed by atoms with van der Waals surface area (Å²) in [5.41, 5.74) is 3.90. The summed E-state index contributed by atoms with van der Waals surface area (Å²) in [6.45, 7) is 5.96. The van der Waals surface area contributed by atoms with Crippen LogP contribution in [0.1, 0.15) is 21.9 Å². The van der Waals surface area contributed by atoms with Gasteiger partial charge in [-0.25, -0.2) is 8.42 Å². The monoisotopic (exact) mass is 478 g/mol. The minimum atomic E-state index is -3.94. The van der Waals surface area contributed by atoms with Gasteiger partial charge in [0.2, 0.25) is 5.88 Å². The van der Waals surface area contributed by atoms with E-state index in [1.807, 2.05) is 49.4 Å². The van der Waals surface area contributed by atoms with Crippen molar-refractivity contribution in [1.82, 2.24) is 9.19 Å². The molecule has 0 amide bonds. The molecule has 168 valence electrons. The van der Waals surface area contributed by atoms with E-state index in [2.05, 4.69) is 11.7 Å². The van der Waals surface area contributed by atoms with Crippen molar-refractivity contribution in [1.29, 1.82) is 0 Å². The fourth-order valence-corrected chi connectivity index (χ4v) is 4.97. The first-order valence-corrected chi connectivity index (χ1v) is 12.2. The van der Waals surface area contributed by atoms with E-state index in [0.717, 1.165) is 20.8 Å². The minimum Gasteiger partial charge on any atom is -0.471 e.